The third kappa shape index (κ3) is 7.21. The van der Waals surface area contributed by atoms with Gasteiger partial charge in [-0.1, -0.05) is 6.08 Å². The van der Waals surface area contributed by atoms with Crippen LogP contribution in [0.1, 0.15) is 5.56 Å². The van der Waals surface area contributed by atoms with Gasteiger partial charge in [-0.2, -0.15) is 0 Å². The van der Waals surface area contributed by atoms with E-state index in [1.165, 1.54) is 0 Å². The van der Waals surface area contributed by atoms with Gasteiger partial charge in [-0.15, -0.1) is 6.58 Å². The predicted molar refractivity (Wildman–Crippen MR) is 89.9 cm³/mol. The van der Waals surface area contributed by atoms with E-state index in [-0.39, 0.29) is 0 Å². The molecular weight excluding hydrogens is 328 g/mol. The number of carbonyl (C=O) groups is 2. The molecule has 0 saturated carbocycles. The van der Waals surface area contributed by atoms with Crippen molar-refractivity contribution in [3.05, 3.63) is 55.1 Å². The molecule has 0 unspecified atom stereocenters. The zero-order valence-corrected chi connectivity index (χ0v) is 13.8. The summed E-state index contributed by atoms with van der Waals surface area (Å²) in [4.78, 5) is 22.2. The fourth-order valence-electron chi connectivity index (χ4n) is 1.82. The minimum Gasteiger partial charge on any atom is -0.497 e. The van der Waals surface area contributed by atoms with Gasteiger partial charge in [-0.25, -0.2) is 14.6 Å². The van der Waals surface area contributed by atoms with Gasteiger partial charge in [0, 0.05) is 18.0 Å². The standard InChI is InChI=1S/C15H18N2O2.C2H2O4/c1-3-4-13-11-14(18-2)5-6-15(13)19-10-9-17-8-7-16-12-17;3-1(4)2(5)6/h3,5-8,11-12H,1,4,9-10H2,2H3;(H,3,4)(H,5,6). The summed E-state index contributed by atoms with van der Waals surface area (Å²) in [6.45, 7) is 5.15. The van der Waals surface area contributed by atoms with Crippen molar-refractivity contribution >= 4 is 11.9 Å². The van der Waals surface area contributed by atoms with Gasteiger partial charge in [0.1, 0.15) is 18.1 Å². The van der Waals surface area contributed by atoms with E-state index in [9.17, 15) is 0 Å². The highest BCUT2D eigenvalue weighted by atomic mass is 16.5. The van der Waals surface area contributed by atoms with Crippen molar-refractivity contribution in [3.63, 3.8) is 0 Å². The zero-order chi connectivity index (χ0) is 18.7. The van der Waals surface area contributed by atoms with Crippen molar-refractivity contribution in [1.82, 2.24) is 9.55 Å². The third-order valence-electron chi connectivity index (χ3n) is 2.98. The quantitative estimate of drug-likeness (QED) is 0.580. The Morgan fingerprint density at radius 2 is 2.04 bits per heavy atom. The molecule has 0 radical (unpaired) electrons. The number of aliphatic carboxylic acids is 2. The molecule has 0 aliphatic heterocycles. The molecule has 0 atom stereocenters. The van der Waals surface area contributed by atoms with Crippen molar-refractivity contribution in [2.45, 2.75) is 13.0 Å². The minimum atomic E-state index is -1.82. The Hall–Kier alpha value is -3.29. The lowest BCUT2D eigenvalue weighted by molar-refractivity contribution is -0.159. The topological polar surface area (TPSA) is 111 Å². The molecule has 0 bridgehead atoms. The van der Waals surface area contributed by atoms with Crippen molar-refractivity contribution in [2.24, 2.45) is 0 Å². The molecule has 0 aliphatic carbocycles. The van der Waals surface area contributed by atoms with Crippen molar-refractivity contribution in [1.29, 1.82) is 0 Å². The van der Waals surface area contributed by atoms with Crippen LogP contribution in [-0.2, 0) is 22.6 Å². The smallest absolute Gasteiger partial charge is 0.414 e. The van der Waals surface area contributed by atoms with E-state index in [0.29, 0.717) is 6.61 Å². The van der Waals surface area contributed by atoms with Crippen LogP contribution in [0.5, 0.6) is 11.5 Å². The normalized spacial score (nSPS) is 9.48. The molecule has 8 heteroatoms. The molecule has 25 heavy (non-hydrogen) atoms. The first kappa shape index (κ1) is 19.8. The SMILES string of the molecule is C=CCc1cc(OC)ccc1OCCn1ccnc1.O=C(O)C(=O)O. The van der Waals surface area contributed by atoms with Crippen molar-refractivity contribution in [3.8, 4) is 11.5 Å². The fraction of sp³-hybridized carbons (Fsp3) is 0.235. The van der Waals surface area contributed by atoms with Crippen molar-refractivity contribution in [2.75, 3.05) is 13.7 Å². The van der Waals surface area contributed by atoms with E-state index in [4.69, 9.17) is 29.3 Å². The molecule has 0 aliphatic rings. The molecular formula is C17H20N2O6. The van der Waals surface area contributed by atoms with Crippen molar-refractivity contribution < 1.29 is 29.3 Å². The number of ether oxygens (including phenoxy) is 2. The molecule has 0 fully saturated rings. The van der Waals surface area contributed by atoms with Gasteiger partial charge in [0.05, 0.1) is 20.0 Å². The molecule has 0 spiro atoms. The van der Waals surface area contributed by atoms with Crippen LogP contribution in [0.4, 0.5) is 0 Å². The highest BCUT2D eigenvalue weighted by molar-refractivity contribution is 6.27. The lowest BCUT2D eigenvalue weighted by atomic mass is 10.1. The Labute approximate surface area is 145 Å². The van der Waals surface area contributed by atoms with Gasteiger partial charge >= 0.3 is 11.9 Å². The van der Waals surface area contributed by atoms with E-state index < -0.39 is 11.9 Å². The number of imidazole rings is 1. The van der Waals surface area contributed by atoms with Crippen LogP contribution in [-0.4, -0.2) is 45.4 Å². The van der Waals surface area contributed by atoms with Crippen LogP contribution < -0.4 is 9.47 Å². The number of allylic oxidation sites excluding steroid dienone is 1. The Morgan fingerprint density at radius 3 is 2.56 bits per heavy atom. The Bertz CT molecular complexity index is 685. The average Bonchev–Trinajstić information content (AvgIpc) is 3.10. The molecule has 2 N–H and O–H groups in total. The molecule has 1 heterocycles. The molecule has 0 saturated heterocycles. The number of carboxylic acids is 2. The minimum absolute atomic E-state index is 0.604. The maximum Gasteiger partial charge on any atom is 0.414 e. The van der Waals surface area contributed by atoms with Gasteiger partial charge in [0.15, 0.2) is 0 Å². The molecule has 1 aromatic heterocycles. The second kappa shape index (κ2) is 10.5. The van der Waals surface area contributed by atoms with Gasteiger partial charge in [0.25, 0.3) is 0 Å². The fourth-order valence-corrected chi connectivity index (χ4v) is 1.82. The number of methoxy groups -OCH3 is 1. The summed E-state index contributed by atoms with van der Waals surface area (Å²) in [7, 11) is 1.66. The van der Waals surface area contributed by atoms with Crippen LogP contribution in [0.15, 0.2) is 49.6 Å². The Kier molecular flexibility index (Phi) is 8.28. The van der Waals surface area contributed by atoms with Gasteiger partial charge in [-0.05, 0) is 24.6 Å². The number of carboxylic acid groups (broad SMARTS) is 2. The molecule has 2 rings (SSSR count). The highest BCUT2D eigenvalue weighted by Crippen LogP contribution is 2.24. The monoisotopic (exact) mass is 348 g/mol. The number of hydrogen-bond donors (Lipinski definition) is 2. The van der Waals surface area contributed by atoms with Crippen LogP contribution in [0.3, 0.4) is 0 Å². The number of hydrogen-bond acceptors (Lipinski definition) is 5. The van der Waals surface area contributed by atoms with E-state index in [1.807, 2.05) is 35.0 Å². The lowest BCUT2D eigenvalue weighted by Gasteiger charge is -2.12. The molecule has 0 amide bonds. The highest BCUT2D eigenvalue weighted by Gasteiger charge is 2.05. The summed E-state index contributed by atoms with van der Waals surface area (Å²) in [5, 5.41) is 14.8. The summed E-state index contributed by atoms with van der Waals surface area (Å²) in [6, 6.07) is 5.82. The van der Waals surface area contributed by atoms with E-state index in [0.717, 1.165) is 30.0 Å². The van der Waals surface area contributed by atoms with Crippen LogP contribution in [0.2, 0.25) is 0 Å². The first-order chi connectivity index (χ1) is 12.0. The van der Waals surface area contributed by atoms with Gasteiger partial charge < -0.3 is 24.3 Å². The van der Waals surface area contributed by atoms with Gasteiger partial charge in [0.2, 0.25) is 0 Å². The predicted octanol–water partition coefficient (Wildman–Crippen LogP) is 1.85. The number of rotatable bonds is 7. The first-order valence-corrected chi connectivity index (χ1v) is 7.30. The Morgan fingerprint density at radius 1 is 1.32 bits per heavy atom. The largest absolute Gasteiger partial charge is 0.497 e. The zero-order valence-electron chi connectivity index (χ0n) is 13.8. The number of benzene rings is 1. The Balaban J connectivity index is 0.000000450. The first-order valence-electron chi connectivity index (χ1n) is 7.30. The van der Waals surface area contributed by atoms with E-state index >= 15 is 0 Å². The second-order valence-corrected chi connectivity index (χ2v) is 4.73. The summed E-state index contributed by atoms with van der Waals surface area (Å²) in [6.07, 6.45) is 8.08. The lowest BCUT2D eigenvalue weighted by Crippen LogP contribution is -2.09. The maximum atomic E-state index is 9.10. The summed E-state index contributed by atoms with van der Waals surface area (Å²) in [5.74, 6) is -1.94. The molecule has 2 aromatic rings. The molecule has 134 valence electrons. The number of aromatic nitrogens is 2. The second-order valence-electron chi connectivity index (χ2n) is 4.73. The average molecular weight is 348 g/mol. The van der Waals surface area contributed by atoms with Crippen LogP contribution in [0, 0.1) is 0 Å². The van der Waals surface area contributed by atoms with E-state index in [2.05, 4.69) is 11.6 Å². The van der Waals surface area contributed by atoms with Crippen LogP contribution in [0.25, 0.3) is 0 Å². The van der Waals surface area contributed by atoms with Gasteiger partial charge in [-0.3, -0.25) is 0 Å². The summed E-state index contributed by atoms with van der Waals surface area (Å²) >= 11 is 0. The van der Waals surface area contributed by atoms with E-state index in [1.54, 1.807) is 19.6 Å². The third-order valence-corrected chi connectivity index (χ3v) is 2.98. The molecule has 8 nitrogen and oxygen atoms in total. The summed E-state index contributed by atoms with van der Waals surface area (Å²) < 4.78 is 13.0. The molecule has 1 aromatic carbocycles. The maximum absolute atomic E-state index is 9.10. The number of nitrogens with zero attached hydrogens (tertiary/aromatic N) is 2. The van der Waals surface area contributed by atoms with Crippen LogP contribution >= 0.6 is 0 Å². The summed E-state index contributed by atoms with van der Waals surface area (Å²) in [5.41, 5.74) is 1.08.